The molecule has 10 nitrogen and oxygen atoms in total. The fraction of sp³-hybridized carbons (Fsp3) is 0.429. The maximum absolute atomic E-state index is 12.7. The number of fused-ring (bicyclic) bond motifs is 3. The van der Waals surface area contributed by atoms with Gasteiger partial charge in [-0.2, -0.15) is 13.0 Å². The molecule has 0 radical (unpaired) electrons. The lowest BCUT2D eigenvalue weighted by Crippen LogP contribution is -2.61. The van der Waals surface area contributed by atoms with Gasteiger partial charge < -0.3 is 5.11 Å². The largest absolute Gasteiger partial charge is 0.477 e. The lowest BCUT2D eigenvalue weighted by atomic mass is 9.81. The highest BCUT2D eigenvalue weighted by molar-refractivity contribution is 7.85. The van der Waals surface area contributed by atoms with Crippen molar-refractivity contribution in [3.63, 3.8) is 0 Å². The van der Waals surface area contributed by atoms with E-state index in [1.54, 1.807) is 18.2 Å². The number of benzene rings is 2. The topological polar surface area (TPSA) is 138 Å². The van der Waals surface area contributed by atoms with Crippen molar-refractivity contribution in [2.45, 2.75) is 88.5 Å². The van der Waals surface area contributed by atoms with Crippen LogP contribution in [0.15, 0.2) is 77.4 Å². The Bertz CT molecular complexity index is 1840. The van der Waals surface area contributed by atoms with Crippen LogP contribution >= 0.6 is 0 Å². The molecular weight excluding hydrogens is 606 g/mol. The smallest absolute Gasteiger partial charge is 0.363 e. The van der Waals surface area contributed by atoms with Gasteiger partial charge in [-0.05, 0) is 58.7 Å². The summed E-state index contributed by atoms with van der Waals surface area (Å²) in [6.45, 7) is 11.6. The minimum absolute atomic E-state index is 0.0670. The number of carbonyl (C=O) groups is 1. The second kappa shape index (κ2) is 12.0. The third kappa shape index (κ3) is 5.44. The fourth-order valence-corrected chi connectivity index (χ4v) is 8.29. The van der Waals surface area contributed by atoms with Gasteiger partial charge in [-0.3, -0.25) is 14.7 Å². The molecule has 0 aliphatic carbocycles. The normalized spacial score (nSPS) is 24.3. The summed E-state index contributed by atoms with van der Waals surface area (Å²) in [6, 6.07) is 8.83. The van der Waals surface area contributed by atoms with E-state index in [0.29, 0.717) is 18.5 Å². The first-order valence-electron chi connectivity index (χ1n) is 15.8. The second-order valence-electron chi connectivity index (χ2n) is 13.5. The van der Waals surface area contributed by atoms with Crippen molar-refractivity contribution < 1.29 is 32.4 Å². The van der Waals surface area contributed by atoms with Gasteiger partial charge in [0, 0.05) is 54.3 Å². The Morgan fingerprint density at radius 3 is 2.46 bits per heavy atom. The molecule has 11 heteroatoms. The van der Waals surface area contributed by atoms with Crippen LogP contribution < -0.4 is 4.48 Å². The average Bonchev–Trinajstić information content (AvgIpc) is 3.31. The first-order chi connectivity index (χ1) is 21.6. The van der Waals surface area contributed by atoms with E-state index in [1.807, 2.05) is 50.3 Å². The molecule has 2 aromatic carbocycles. The number of quaternary nitrogens is 1. The molecule has 5 rings (SSSR count). The molecular formula is C35H43N3O7S+2. The van der Waals surface area contributed by atoms with Crippen LogP contribution in [0.5, 0.6) is 0 Å². The zero-order valence-corrected chi connectivity index (χ0v) is 27.9. The SMILES string of the molecule is CCCC[N+]1=C(/C=C/C=C/C=C2\C(C)(C)c3cc(S(=O)(=O)O)ccc3[N+]23CCCCC3C(=O)O)C(C)(C)c2cc([N+](=O)[O-])ccc21. The maximum atomic E-state index is 12.7. The predicted octanol–water partition coefficient (Wildman–Crippen LogP) is 6.95. The first-order valence-corrected chi connectivity index (χ1v) is 17.3. The van der Waals surface area contributed by atoms with E-state index in [9.17, 15) is 33.0 Å². The number of nitrogens with zero attached hydrogens (tertiary/aromatic N) is 3. The molecule has 1 saturated heterocycles. The number of hydrogen-bond donors (Lipinski definition) is 2. The van der Waals surface area contributed by atoms with Crippen LogP contribution in [-0.2, 0) is 25.7 Å². The van der Waals surface area contributed by atoms with Crippen molar-refractivity contribution in [1.82, 2.24) is 4.48 Å². The highest BCUT2D eigenvalue weighted by Crippen LogP contribution is 2.56. The zero-order chi connectivity index (χ0) is 33.7. The van der Waals surface area contributed by atoms with E-state index < -0.39 is 33.0 Å². The molecule has 2 atom stereocenters. The fourth-order valence-electron chi connectivity index (χ4n) is 7.79. The van der Waals surface area contributed by atoms with E-state index in [4.69, 9.17) is 0 Å². The number of carboxylic acid groups (broad SMARTS) is 1. The van der Waals surface area contributed by atoms with Crippen LogP contribution in [0.4, 0.5) is 17.1 Å². The van der Waals surface area contributed by atoms with Crippen molar-refractivity contribution >= 4 is 38.9 Å². The van der Waals surface area contributed by atoms with Crippen LogP contribution in [0.1, 0.15) is 77.8 Å². The van der Waals surface area contributed by atoms with E-state index >= 15 is 0 Å². The Kier molecular flexibility index (Phi) is 8.74. The summed E-state index contributed by atoms with van der Waals surface area (Å²) in [5.74, 6) is -0.899. The lowest BCUT2D eigenvalue weighted by Gasteiger charge is -2.44. The van der Waals surface area contributed by atoms with Crippen LogP contribution in [0.3, 0.4) is 0 Å². The molecule has 2 unspecified atom stereocenters. The van der Waals surface area contributed by atoms with E-state index in [1.165, 1.54) is 12.1 Å². The van der Waals surface area contributed by atoms with Gasteiger partial charge in [0.1, 0.15) is 17.9 Å². The molecule has 1 fully saturated rings. The number of rotatable bonds is 9. The molecule has 244 valence electrons. The van der Waals surface area contributed by atoms with Gasteiger partial charge in [-0.25, -0.2) is 9.28 Å². The van der Waals surface area contributed by atoms with Crippen molar-refractivity contribution in [3.8, 4) is 0 Å². The van der Waals surface area contributed by atoms with Crippen LogP contribution in [-0.4, -0.2) is 58.4 Å². The van der Waals surface area contributed by atoms with Crippen molar-refractivity contribution in [2.24, 2.45) is 0 Å². The van der Waals surface area contributed by atoms with E-state index in [2.05, 4.69) is 25.3 Å². The second-order valence-corrected chi connectivity index (χ2v) is 14.9. The third-order valence-electron chi connectivity index (χ3n) is 10.0. The summed E-state index contributed by atoms with van der Waals surface area (Å²) in [6.07, 6.45) is 13.8. The molecule has 0 saturated carbocycles. The Morgan fingerprint density at radius 2 is 1.80 bits per heavy atom. The van der Waals surface area contributed by atoms with E-state index in [-0.39, 0.29) is 20.0 Å². The minimum atomic E-state index is -4.45. The Hall–Kier alpha value is -3.93. The molecule has 2 aromatic rings. The van der Waals surface area contributed by atoms with E-state index in [0.717, 1.165) is 60.6 Å². The molecule has 0 amide bonds. The number of non-ortho nitro benzene ring substituents is 1. The summed E-state index contributed by atoms with van der Waals surface area (Å²) < 4.78 is 36.2. The number of carboxylic acids is 1. The molecule has 1 spiro atoms. The number of nitro groups is 1. The number of nitro benzene ring substituents is 1. The number of unbranched alkanes of at least 4 members (excludes halogenated alkanes) is 1. The van der Waals surface area contributed by atoms with Gasteiger partial charge >= 0.3 is 5.97 Å². The summed E-state index contributed by atoms with van der Waals surface area (Å²) in [5.41, 5.74) is 4.09. The van der Waals surface area contributed by atoms with Crippen LogP contribution in [0.25, 0.3) is 0 Å². The molecule has 0 aromatic heterocycles. The van der Waals surface area contributed by atoms with Crippen molar-refractivity contribution in [3.05, 3.63) is 93.7 Å². The highest BCUT2D eigenvalue weighted by atomic mass is 32.2. The van der Waals surface area contributed by atoms with Crippen molar-refractivity contribution in [2.75, 3.05) is 13.1 Å². The highest BCUT2D eigenvalue weighted by Gasteiger charge is 2.60. The van der Waals surface area contributed by atoms with Gasteiger partial charge in [-0.15, -0.1) is 0 Å². The Morgan fingerprint density at radius 1 is 1.07 bits per heavy atom. The minimum Gasteiger partial charge on any atom is -0.477 e. The monoisotopic (exact) mass is 649 g/mol. The summed E-state index contributed by atoms with van der Waals surface area (Å²) in [5, 5.41) is 21.9. The third-order valence-corrected chi connectivity index (χ3v) is 10.9. The summed E-state index contributed by atoms with van der Waals surface area (Å²) in [7, 11) is -4.45. The van der Waals surface area contributed by atoms with Gasteiger partial charge in [0.2, 0.25) is 5.69 Å². The number of aliphatic carboxylic acids is 1. The molecule has 46 heavy (non-hydrogen) atoms. The molecule has 2 N–H and O–H groups in total. The summed E-state index contributed by atoms with van der Waals surface area (Å²) >= 11 is 0. The number of hydrogen-bond acceptors (Lipinski definition) is 5. The molecule has 3 aliphatic rings. The standard InChI is InChI=1S/C35H41N3O7S/c1-6-7-20-36-28-18-16-24(37(41)42)22-26(28)34(2,3)31(36)14-9-8-10-15-32-35(4,5)27-23-25(46(43,44)45)17-19-29(27)38(32)21-12-11-13-30(38)33(39)40/h8-10,14-19,22-23,30H,6-7,11-13,20-21H2,1-5H3/p+2/b10-8+,14-9+,32-15+. The molecule has 0 bridgehead atoms. The Labute approximate surface area is 270 Å². The van der Waals surface area contributed by atoms with Gasteiger partial charge in [0.25, 0.3) is 15.8 Å². The summed E-state index contributed by atoms with van der Waals surface area (Å²) in [4.78, 5) is 23.7. The predicted molar refractivity (Wildman–Crippen MR) is 178 cm³/mol. The van der Waals surface area contributed by atoms with Crippen molar-refractivity contribution in [1.29, 1.82) is 0 Å². The van der Waals surface area contributed by atoms with Gasteiger partial charge in [0.05, 0.1) is 27.2 Å². The van der Waals surface area contributed by atoms with Crippen LogP contribution in [0, 0.1) is 10.1 Å². The zero-order valence-electron chi connectivity index (χ0n) is 27.1. The molecule has 3 heterocycles. The van der Waals surface area contributed by atoms with Gasteiger partial charge in [-0.1, -0.05) is 31.6 Å². The number of piperidine rings is 1. The maximum Gasteiger partial charge on any atom is 0.363 e. The molecule has 3 aliphatic heterocycles. The first kappa shape index (κ1) is 33.4. The quantitative estimate of drug-likeness (QED) is 0.0749. The lowest BCUT2D eigenvalue weighted by molar-refractivity contribution is -0.438. The Balaban J connectivity index is 1.57. The van der Waals surface area contributed by atoms with Gasteiger partial charge in [0.15, 0.2) is 11.8 Å². The van der Waals surface area contributed by atoms with Crippen LogP contribution in [0.2, 0.25) is 0 Å². The average molecular weight is 650 g/mol. The number of allylic oxidation sites excluding steroid dienone is 6.